The van der Waals surface area contributed by atoms with E-state index in [2.05, 4.69) is 0 Å². The number of carbonyl (C=O) groups excluding carboxylic acids is 1. The van der Waals surface area contributed by atoms with E-state index in [1.54, 1.807) is 0 Å². The Balaban J connectivity index is 1.80. The molecule has 3 atom stereocenters. The van der Waals surface area contributed by atoms with Crippen molar-refractivity contribution in [3.05, 3.63) is 0 Å². The average Bonchev–Trinajstić information content (AvgIpc) is 2.30. The number of carboxylic acid groups (broad SMARTS) is 1. The number of carboxylic acids is 1. The fraction of sp³-hybridized carbons (Fsp3) is 0.882. The van der Waals surface area contributed by atoms with E-state index in [0.717, 1.165) is 25.7 Å². The van der Waals surface area contributed by atoms with E-state index >= 15 is 0 Å². The second kappa shape index (κ2) is 4.72. The van der Waals surface area contributed by atoms with Gasteiger partial charge in [-0.1, -0.05) is 0 Å². The number of esters is 1. The lowest BCUT2D eigenvalue weighted by atomic mass is 9.44. The smallest absolute Gasteiger partial charge is 0.309 e. The van der Waals surface area contributed by atoms with Crippen molar-refractivity contribution >= 4 is 11.9 Å². The molecule has 4 saturated carbocycles. The molecule has 0 heterocycles. The third-order valence-electron chi connectivity index (χ3n) is 5.76. The number of hydrogen-bond acceptors (Lipinski definition) is 3. The van der Waals surface area contributed by atoms with Gasteiger partial charge in [-0.15, -0.1) is 0 Å². The molecule has 0 saturated heterocycles. The molecule has 4 heteroatoms. The molecule has 4 bridgehead atoms. The summed E-state index contributed by atoms with van der Waals surface area (Å²) < 4.78 is 5.44. The van der Waals surface area contributed by atoms with E-state index in [0.29, 0.717) is 17.8 Å². The van der Waals surface area contributed by atoms with Gasteiger partial charge in [-0.3, -0.25) is 9.59 Å². The number of rotatable bonds is 3. The highest BCUT2D eigenvalue weighted by Crippen LogP contribution is 2.63. The second-order valence-electron chi connectivity index (χ2n) is 8.47. The van der Waals surface area contributed by atoms with Crippen molar-refractivity contribution in [2.24, 2.45) is 29.1 Å². The minimum atomic E-state index is -0.685. The van der Waals surface area contributed by atoms with Crippen LogP contribution in [0.3, 0.4) is 0 Å². The Bertz CT molecular complexity index is 448. The molecule has 118 valence electrons. The summed E-state index contributed by atoms with van der Waals surface area (Å²) in [6.07, 6.45) is 5.22. The summed E-state index contributed by atoms with van der Waals surface area (Å²) in [6, 6.07) is 0. The van der Waals surface area contributed by atoms with Crippen molar-refractivity contribution in [2.45, 2.75) is 64.9 Å². The van der Waals surface area contributed by atoms with Crippen LogP contribution in [-0.4, -0.2) is 22.6 Å². The lowest BCUT2D eigenvalue weighted by molar-refractivity contribution is -0.183. The van der Waals surface area contributed by atoms with Crippen LogP contribution in [-0.2, 0) is 14.3 Å². The molecule has 0 aromatic heterocycles. The van der Waals surface area contributed by atoms with E-state index in [-0.39, 0.29) is 18.3 Å². The highest BCUT2D eigenvalue weighted by molar-refractivity contribution is 5.78. The Morgan fingerprint density at radius 2 is 1.71 bits per heavy atom. The molecule has 3 unspecified atom stereocenters. The standard InChI is InChI=1S/C17H26O4/c1-16(2,3)21-14(18)7-13-12-5-10-4-11(6-12)9-17(13,8-10)15(19)20/h10-13H,4-9H2,1-3H3,(H,19,20). The van der Waals surface area contributed by atoms with Crippen LogP contribution in [0.5, 0.6) is 0 Å². The average molecular weight is 294 g/mol. The largest absolute Gasteiger partial charge is 0.481 e. The monoisotopic (exact) mass is 294 g/mol. The van der Waals surface area contributed by atoms with E-state index in [9.17, 15) is 14.7 Å². The maximum atomic E-state index is 12.2. The molecule has 4 nitrogen and oxygen atoms in total. The molecule has 0 radical (unpaired) electrons. The Hall–Kier alpha value is -1.06. The Kier molecular flexibility index (Phi) is 3.34. The van der Waals surface area contributed by atoms with Crippen molar-refractivity contribution in [3.8, 4) is 0 Å². The van der Waals surface area contributed by atoms with Gasteiger partial charge < -0.3 is 9.84 Å². The van der Waals surface area contributed by atoms with Gasteiger partial charge in [-0.2, -0.15) is 0 Å². The van der Waals surface area contributed by atoms with Gasteiger partial charge in [-0.25, -0.2) is 0 Å². The second-order valence-corrected chi connectivity index (χ2v) is 8.47. The van der Waals surface area contributed by atoms with Gasteiger partial charge in [0.1, 0.15) is 5.60 Å². The van der Waals surface area contributed by atoms with Crippen molar-refractivity contribution in [1.29, 1.82) is 0 Å². The molecule has 4 rings (SSSR count). The molecular weight excluding hydrogens is 268 g/mol. The quantitative estimate of drug-likeness (QED) is 0.812. The van der Waals surface area contributed by atoms with Crippen LogP contribution in [0.15, 0.2) is 0 Å². The van der Waals surface area contributed by atoms with Crippen LogP contribution in [0.25, 0.3) is 0 Å². The molecule has 0 aromatic rings. The number of aliphatic carboxylic acids is 1. The zero-order valence-corrected chi connectivity index (χ0v) is 13.2. The molecule has 4 fully saturated rings. The van der Waals surface area contributed by atoms with E-state index in [1.165, 1.54) is 6.42 Å². The fourth-order valence-electron chi connectivity index (χ4n) is 5.40. The van der Waals surface area contributed by atoms with Gasteiger partial charge >= 0.3 is 11.9 Å². The normalized spacial score (nSPS) is 41.1. The first-order chi connectivity index (χ1) is 9.69. The molecule has 0 aromatic carbocycles. The highest BCUT2D eigenvalue weighted by atomic mass is 16.6. The van der Waals surface area contributed by atoms with E-state index in [4.69, 9.17) is 4.74 Å². The lowest BCUT2D eigenvalue weighted by Gasteiger charge is -2.59. The summed E-state index contributed by atoms with van der Waals surface area (Å²) in [7, 11) is 0. The molecule has 4 aliphatic rings. The minimum Gasteiger partial charge on any atom is -0.481 e. The van der Waals surface area contributed by atoms with Crippen LogP contribution < -0.4 is 0 Å². The first kappa shape index (κ1) is 14.9. The van der Waals surface area contributed by atoms with E-state index in [1.807, 2.05) is 20.8 Å². The summed E-state index contributed by atoms with van der Waals surface area (Å²) in [5, 5.41) is 9.84. The maximum absolute atomic E-state index is 12.2. The summed E-state index contributed by atoms with van der Waals surface area (Å²) >= 11 is 0. The van der Waals surface area contributed by atoms with Gasteiger partial charge in [0.2, 0.25) is 0 Å². The molecule has 1 N–H and O–H groups in total. The molecule has 0 aliphatic heterocycles. The van der Waals surface area contributed by atoms with Crippen molar-refractivity contribution in [3.63, 3.8) is 0 Å². The topological polar surface area (TPSA) is 63.6 Å². The fourth-order valence-corrected chi connectivity index (χ4v) is 5.40. The van der Waals surface area contributed by atoms with Crippen LogP contribution in [0.2, 0.25) is 0 Å². The summed E-state index contributed by atoms with van der Waals surface area (Å²) in [5.41, 5.74) is -1.16. The number of hydrogen-bond donors (Lipinski definition) is 1. The van der Waals surface area contributed by atoms with Crippen molar-refractivity contribution < 1.29 is 19.4 Å². The van der Waals surface area contributed by atoms with Crippen LogP contribution in [0.4, 0.5) is 0 Å². The summed E-state index contributed by atoms with van der Waals surface area (Å²) in [5.74, 6) is 0.579. The van der Waals surface area contributed by atoms with Gasteiger partial charge in [0.15, 0.2) is 0 Å². The van der Waals surface area contributed by atoms with Crippen LogP contribution >= 0.6 is 0 Å². The first-order valence-electron chi connectivity index (χ1n) is 8.15. The highest BCUT2D eigenvalue weighted by Gasteiger charge is 2.61. The summed E-state index contributed by atoms with van der Waals surface area (Å²) in [4.78, 5) is 24.2. The van der Waals surface area contributed by atoms with Gasteiger partial charge in [0.05, 0.1) is 5.41 Å². The lowest BCUT2D eigenvalue weighted by Crippen LogP contribution is -2.56. The Morgan fingerprint density at radius 3 is 2.19 bits per heavy atom. The first-order valence-corrected chi connectivity index (χ1v) is 8.15. The zero-order chi connectivity index (χ0) is 15.4. The van der Waals surface area contributed by atoms with Gasteiger partial charge in [-0.05, 0) is 76.5 Å². The summed E-state index contributed by atoms with van der Waals surface area (Å²) in [6.45, 7) is 5.57. The number of carbonyl (C=O) groups is 2. The predicted molar refractivity (Wildman–Crippen MR) is 77.6 cm³/mol. The Morgan fingerprint density at radius 1 is 1.14 bits per heavy atom. The van der Waals surface area contributed by atoms with Gasteiger partial charge in [0, 0.05) is 6.42 Å². The SMILES string of the molecule is CC(C)(C)OC(=O)CC1C2CC3CC(C2)CC1(C(=O)O)C3. The zero-order valence-electron chi connectivity index (χ0n) is 13.2. The van der Waals surface area contributed by atoms with E-state index < -0.39 is 17.0 Å². The van der Waals surface area contributed by atoms with Crippen molar-refractivity contribution in [1.82, 2.24) is 0 Å². The van der Waals surface area contributed by atoms with Crippen LogP contribution in [0, 0.1) is 29.1 Å². The molecule has 4 aliphatic carbocycles. The molecule has 21 heavy (non-hydrogen) atoms. The van der Waals surface area contributed by atoms with Crippen molar-refractivity contribution in [2.75, 3.05) is 0 Å². The molecular formula is C17H26O4. The predicted octanol–water partition coefficient (Wildman–Crippen LogP) is 3.25. The maximum Gasteiger partial charge on any atom is 0.309 e. The third-order valence-corrected chi connectivity index (χ3v) is 5.76. The molecule has 0 spiro atoms. The Labute approximate surface area is 126 Å². The number of ether oxygens (including phenoxy) is 1. The minimum absolute atomic E-state index is 0.0300. The van der Waals surface area contributed by atoms with Gasteiger partial charge in [0.25, 0.3) is 0 Å². The third kappa shape index (κ3) is 2.58. The van der Waals surface area contributed by atoms with Crippen LogP contribution in [0.1, 0.15) is 59.3 Å². The molecule has 0 amide bonds.